The van der Waals surface area contributed by atoms with E-state index in [2.05, 4.69) is 33.0 Å². The van der Waals surface area contributed by atoms with Crippen LogP contribution in [0.15, 0.2) is 18.2 Å². The van der Waals surface area contributed by atoms with Crippen molar-refractivity contribution in [1.82, 2.24) is 5.32 Å². The highest BCUT2D eigenvalue weighted by molar-refractivity contribution is 5.18. The Morgan fingerprint density at radius 1 is 1.06 bits per heavy atom. The van der Waals surface area contributed by atoms with Crippen molar-refractivity contribution in [2.45, 2.75) is 34.2 Å². The van der Waals surface area contributed by atoms with Gasteiger partial charge in [0.2, 0.25) is 0 Å². The monoisotopic (exact) mass is 255 g/mol. The molecular weight excluding hydrogens is 232 g/mol. The Bertz CT molecular complexity index is 367. The van der Waals surface area contributed by atoms with Crippen LogP contribution in [0.3, 0.4) is 0 Å². The molecule has 102 valence electrons. The van der Waals surface area contributed by atoms with Crippen molar-refractivity contribution in [2.75, 3.05) is 6.54 Å². The summed E-state index contributed by atoms with van der Waals surface area (Å²) in [6.45, 7) is 9.96. The van der Waals surface area contributed by atoms with Gasteiger partial charge in [0.1, 0.15) is 0 Å². The maximum Gasteiger partial charge on any atom is 0.163 e. The molecule has 0 radical (unpaired) electrons. The van der Waals surface area contributed by atoms with Crippen LogP contribution in [0.5, 0.6) is 0 Å². The summed E-state index contributed by atoms with van der Waals surface area (Å²) in [5.74, 6) is 0.181. The summed E-state index contributed by atoms with van der Waals surface area (Å²) in [6.07, 6.45) is 0. The van der Waals surface area contributed by atoms with Crippen molar-refractivity contribution in [1.29, 1.82) is 0 Å². The van der Waals surface area contributed by atoms with E-state index < -0.39 is 11.6 Å². The van der Waals surface area contributed by atoms with Gasteiger partial charge in [-0.25, -0.2) is 8.78 Å². The molecule has 0 bridgehead atoms. The minimum absolute atomic E-state index is 0.375. The molecule has 0 aliphatic heterocycles. The van der Waals surface area contributed by atoms with E-state index in [1.165, 1.54) is 6.07 Å². The van der Waals surface area contributed by atoms with Gasteiger partial charge in [-0.2, -0.15) is 0 Å². The Hall–Kier alpha value is -0.960. The van der Waals surface area contributed by atoms with Gasteiger partial charge in [0, 0.05) is 12.1 Å². The Morgan fingerprint density at radius 2 is 1.67 bits per heavy atom. The lowest BCUT2D eigenvalue weighted by atomic mass is 9.85. The highest BCUT2D eigenvalue weighted by atomic mass is 19.2. The first kappa shape index (κ1) is 15.1. The summed E-state index contributed by atoms with van der Waals surface area (Å²) in [4.78, 5) is 0. The fourth-order valence-electron chi connectivity index (χ4n) is 2.30. The third-order valence-corrected chi connectivity index (χ3v) is 3.44. The van der Waals surface area contributed by atoms with Crippen molar-refractivity contribution >= 4 is 0 Å². The second kappa shape index (κ2) is 6.83. The largest absolute Gasteiger partial charge is 0.312 e. The smallest absolute Gasteiger partial charge is 0.163 e. The van der Waals surface area contributed by atoms with Crippen molar-refractivity contribution in [3.05, 3.63) is 35.4 Å². The Labute approximate surface area is 109 Å². The van der Waals surface area contributed by atoms with Crippen molar-refractivity contribution in [3.63, 3.8) is 0 Å². The average molecular weight is 255 g/mol. The molecule has 3 heteroatoms. The summed E-state index contributed by atoms with van der Waals surface area (Å²) < 4.78 is 26.4. The minimum atomic E-state index is -0.779. The molecule has 0 saturated carbocycles. The zero-order chi connectivity index (χ0) is 13.7. The summed E-state index contributed by atoms with van der Waals surface area (Å²) in [6, 6.07) is 4.30. The van der Waals surface area contributed by atoms with Gasteiger partial charge in [0.25, 0.3) is 0 Å². The molecule has 0 heterocycles. The number of nitrogens with one attached hydrogen (secondary N) is 1. The van der Waals surface area contributed by atoms with Gasteiger partial charge in [0.15, 0.2) is 11.6 Å². The van der Waals surface area contributed by atoms with E-state index in [0.717, 1.165) is 12.6 Å². The molecule has 18 heavy (non-hydrogen) atoms. The standard InChI is InChI=1S/C15H23F2N/c1-10(2)13(11(3)4)9-18-8-12-6-5-7-14(16)15(12)17/h5-7,10-11,13,18H,8-9H2,1-4H3. The number of rotatable bonds is 6. The molecule has 0 aliphatic rings. The predicted molar refractivity (Wildman–Crippen MR) is 71.2 cm³/mol. The summed E-state index contributed by atoms with van der Waals surface area (Å²) in [7, 11) is 0. The lowest BCUT2D eigenvalue weighted by Crippen LogP contribution is -2.29. The number of halogens is 2. The molecule has 0 fully saturated rings. The second-order valence-corrected chi connectivity index (χ2v) is 5.50. The van der Waals surface area contributed by atoms with Crippen LogP contribution >= 0.6 is 0 Å². The maximum atomic E-state index is 13.4. The van der Waals surface area contributed by atoms with Crippen LogP contribution in [-0.2, 0) is 6.54 Å². The summed E-state index contributed by atoms with van der Waals surface area (Å²) >= 11 is 0. The highest BCUT2D eigenvalue weighted by Gasteiger charge is 2.17. The molecule has 1 aromatic carbocycles. The van der Waals surface area contributed by atoms with E-state index >= 15 is 0 Å². The molecule has 1 rings (SSSR count). The van der Waals surface area contributed by atoms with Gasteiger partial charge in [-0.15, -0.1) is 0 Å². The van der Waals surface area contributed by atoms with E-state index in [0.29, 0.717) is 29.9 Å². The fourth-order valence-corrected chi connectivity index (χ4v) is 2.30. The van der Waals surface area contributed by atoms with Gasteiger partial charge in [0.05, 0.1) is 0 Å². The topological polar surface area (TPSA) is 12.0 Å². The third kappa shape index (κ3) is 4.05. The molecule has 1 nitrogen and oxygen atoms in total. The van der Waals surface area contributed by atoms with Gasteiger partial charge in [-0.1, -0.05) is 39.8 Å². The molecule has 1 N–H and O–H groups in total. The summed E-state index contributed by atoms with van der Waals surface area (Å²) in [5, 5.41) is 3.23. The third-order valence-electron chi connectivity index (χ3n) is 3.44. The Morgan fingerprint density at radius 3 is 2.22 bits per heavy atom. The first-order chi connectivity index (χ1) is 8.43. The first-order valence-electron chi connectivity index (χ1n) is 6.57. The van der Waals surface area contributed by atoms with Crippen molar-refractivity contribution < 1.29 is 8.78 Å². The van der Waals surface area contributed by atoms with Crippen LogP contribution in [-0.4, -0.2) is 6.54 Å². The number of benzene rings is 1. The molecule has 1 aromatic rings. The van der Waals surface area contributed by atoms with Gasteiger partial charge in [-0.3, -0.25) is 0 Å². The van der Waals surface area contributed by atoms with Crippen LogP contribution in [0.1, 0.15) is 33.3 Å². The second-order valence-electron chi connectivity index (χ2n) is 5.50. The molecule has 0 aromatic heterocycles. The maximum absolute atomic E-state index is 13.4. The highest BCUT2D eigenvalue weighted by Crippen LogP contribution is 2.19. The van der Waals surface area contributed by atoms with E-state index in [4.69, 9.17) is 0 Å². The quantitative estimate of drug-likeness (QED) is 0.810. The Kier molecular flexibility index (Phi) is 5.73. The molecule has 0 unspecified atom stereocenters. The fraction of sp³-hybridized carbons (Fsp3) is 0.600. The van der Waals surface area contributed by atoms with Crippen LogP contribution in [0, 0.1) is 29.4 Å². The van der Waals surface area contributed by atoms with E-state index in [1.807, 2.05) is 0 Å². The molecule has 0 amide bonds. The van der Waals surface area contributed by atoms with Gasteiger partial charge >= 0.3 is 0 Å². The molecule has 0 spiro atoms. The average Bonchev–Trinajstić information content (AvgIpc) is 2.28. The normalized spacial score (nSPS) is 11.8. The SMILES string of the molecule is CC(C)C(CNCc1cccc(F)c1F)C(C)C. The molecule has 0 saturated heterocycles. The summed E-state index contributed by atoms with van der Waals surface area (Å²) in [5.41, 5.74) is 0.390. The lowest BCUT2D eigenvalue weighted by molar-refractivity contribution is 0.275. The van der Waals surface area contributed by atoms with E-state index in [1.54, 1.807) is 6.07 Å². The molecule has 0 aliphatic carbocycles. The molecular formula is C15H23F2N. The first-order valence-corrected chi connectivity index (χ1v) is 6.57. The van der Waals surface area contributed by atoms with Crippen LogP contribution in [0.25, 0.3) is 0 Å². The number of hydrogen-bond acceptors (Lipinski definition) is 1. The lowest BCUT2D eigenvalue weighted by Gasteiger charge is -2.25. The number of hydrogen-bond donors (Lipinski definition) is 1. The molecule has 0 atom stereocenters. The van der Waals surface area contributed by atoms with E-state index in [-0.39, 0.29) is 0 Å². The zero-order valence-electron chi connectivity index (χ0n) is 11.6. The zero-order valence-corrected chi connectivity index (χ0v) is 11.6. The van der Waals surface area contributed by atoms with Gasteiger partial charge < -0.3 is 5.32 Å². The van der Waals surface area contributed by atoms with Crippen LogP contribution in [0.4, 0.5) is 8.78 Å². The van der Waals surface area contributed by atoms with Crippen molar-refractivity contribution in [3.8, 4) is 0 Å². The van der Waals surface area contributed by atoms with Gasteiger partial charge in [-0.05, 0) is 30.4 Å². The minimum Gasteiger partial charge on any atom is -0.312 e. The predicted octanol–water partition coefficient (Wildman–Crippen LogP) is 3.98. The van der Waals surface area contributed by atoms with E-state index in [9.17, 15) is 8.78 Å². The Balaban J connectivity index is 2.53. The van der Waals surface area contributed by atoms with Crippen LogP contribution < -0.4 is 5.32 Å². The van der Waals surface area contributed by atoms with Crippen molar-refractivity contribution in [2.24, 2.45) is 17.8 Å². The van der Waals surface area contributed by atoms with Crippen LogP contribution in [0.2, 0.25) is 0 Å².